The van der Waals surface area contributed by atoms with Gasteiger partial charge in [0, 0.05) is 6.54 Å². The molecule has 5 heteroatoms. The molecular formula is C20H24N2O3. The first-order valence-corrected chi connectivity index (χ1v) is 8.61. The number of carbonyl (C=O) groups excluding carboxylic acids is 1. The summed E-state index contributed by atoms with van der Waals surface area (Å²) in [5, 5.41) is 5.97. The highest BCUT2D eigenvalue weighted by molar-refractivity contribution is 5.74. The quantitative estimate of drug-likeness (QED) is 0.873. The van der Waals surface area contributed by atoms with Crippen LogP contribution in [-0.4, -0.2) is 19.2 Å². The first-order chi connectivity index (χ1) is 12.1. The van der Waals surface area contributed by atoms with E-state index in [-0.39, 0.29) is 18.0 Å². The number of urea groups is 1. The Kier molecular flexibility index (Phi) is 5.43. The van der Waals surface area contributed by atoms with E-state index >= 15 is 0 Å². The Bertz CT molecular complexity index is 716. The summed E-state index contributed by atoms with van der Waals surface area (Å²) in [4.78, 5) is 12.3. The Labute approximate surface area is 148 Å². The Morgan fingerprint density at radius 1 is 1.04 bits per heavy atom. The van der Waals surface area contributed by atoms with Crippen LogP contribution in [0, 0.1) is 5.92 Å². The van der Waals surface area contributed by atoms with Crippen molar-refractivity contribution in [3.8, 4) is 11.5 Å². The first-order valence-electron chi connectivity index (χ1n) is 8.61. The second-order valence-corrected chi connectivity index (χ2v) is 6.44. The zero-order valence-electron chi connectivity index (χ0n) is 14.6. The standard InChI is InChI=1S/C20H24N2O3/c1-14(2)19(16-8-9-17-18(12-16)25-11-10-24-17)22-20(23)21-13-15-6-4-3-5-7-15/h3-9,12,14,19H,10-11,13H2,1-2H3,(H2,21,22,23). The molecule has 1 atom stereocenters. The summed E-state index contributed by atoms with van der Waals surface area (Å²) in [6.45, 7) is 5.78. The van der Waals surface area contributed by atoms with Crippen molar-refractivity contribution in [1.29, 1.82) is 0 Å². The van der Waals surface area contributed by atoms with Crippen LogP contribution < -0.4 is 20.1 Å². The third kappa shape index (κ3) is 4.44. The van der Waals surface area contributed by atoms with Gasteiger partial charge in [0.2, 0.25) is 0 Å². The number of fused-ring (bicyclic) bond motifs is 1. The fourth-order valence-electron chi connectivity index (χ4n) is 2.86. The molecule has 0 fully saturated rings. The fraction of sp³-hybridized carbons (Fsp3) is 0.350. The number of rotatable bonds is 5. The Hall–Kier alpha value is -2.69. The molecule has 0 spiro atoms. The molecule has 0 saturated carbocycles. The molecule has 1 aliphatic rings. The predicted octanol–water partition coefficient (Wildman–Crippen LogP) is 3.65. The van der Waals surface area contributed by atoms with Gasteiger partial charge in [-0.2, -0.15) is 0 Å². The summed E-state index contributed by atoms with van der Waals surface area (Å²) >= 11 is 0. The highest BCUT2D eigenvalue weighted by Gasteiger charge is 2.21. The van der Waals surface area contributed by atoms with Gasteiger partial charge in [-0.1, -0.05) is 50.2 Å². The predicted molar refractivity (Wildman–Crippen MR) is 96.8 cm³/mol. The molecule has 0 aromatic heterocycles. The van der Waals surface area contributed by atoms with Crippen molar-refractivity contribution in [3.63, 3.8) is 0 Å². The smallest absolute Gasteiger partial charge is 0.315 e. The summed E-state index contributed by atoms with van der Waals surface area (Å²) in [6.07, 6.45) is 0. The number of ether oxygens (including phenoxy) is 2. The maximum absolute atomic E-state index is 12.3. The van der Waals surface area contributed by atoms with Crippen LogP contribution in [0.3, 0.4) is 0 Å². The van der Waals surface area contributed by atoms with Gasteiger partial charge >= 0.3 is 6.03 Å². The molecule has 25 heavy (non-hydrogen) atoms. The summed E-state index contributed by atoms with van der Waals surface area (Å²) in [5.74, 6) is 1.73. The highest BCUT2D eigenvalue weighted by Crippen LogP contribution is 2.34. The Balaban J connectivity index is 1.65. The zero-order chi connectivity index (χ0) is 17.6. The SMILES string of the molecule is CC(C)C(NC(=O)NCc1ccccc1)c1ccc2c(c1)OCCO2. The van der Waals surface area contributed by atoms with Crippen LogP contribution in [0.25, 0.3) is 0 Å². The molecule has 2 aromatic carbocycles. The summed E-state index contributed by atoms with van der Waals surface area (Å²) in [6, 6.07) is 15.4. The third-order valence-corrected chi connectivity index (χ3v) is 4.17. The summed E-state index contributed by atoms with van der Waals surface area (Å²) in [7, 11) is 0. The van der Waals surface area contributed by atoms with Gasteiger partial charge in [0.15, 0.2) is 11.5 Å². The summed E-state index contributed by atoms with van der Waals surface area (Å²) in [5.41, 5.74) is 2.08. The molecule has 132 valence electrons. The van der Waals surface area contributed by atoms with E-state index in [1.807, 2.05) is 48.5 Å². The third-order valence-electron chi connectivity index (χ3n) is 4.17. The van der Waals surface area contributed by atoms with Gasteiger partial charge in [0.05, 0.1) is 6.04 Å². The van der Waals surface area contributed by atoms with Gasteiger partial charge in [-0.25, -0.2) is 4.79 Å². The molecule has 2 N–H and O–H groups in total. The largest absolute Gasteiger partial charge is 0.486 e. The second kappa shape index (κ2) is 7.92. The molecule has 1 unspecified atom stereocenters. The molecule has 2 aromatic rings. The van der Waals surface area contributed by atoms with Crippen LogP contribution in [0.15, 0.2) is 48.5 Å². The van der Waals surface area contributed by atoms with Crippen LogP contribution in [0.2, 0.25) is 0 Å². The first kappa shape index (κ1) is 17.1. The number of benzene rings is 2. The van der Waals surface area contributed by atoms with Crippen LogP contribution >= 0.6 is 0 Å². The van der Waals surface area contributed by atoms with Gasteiger partial charge in [-0.3, -0.25) is 0 Å². The molecule has 1 heterocycles. The molecule has 2 amide bonds. The molecule has 5 nitrogen and oxygen atoms in total. The van der Waals surface area contributed by atoms with Crippen molar-refractivity contribution < 1.29 is 14.3 Å². The normalized spacial score (nSPS) is 14.0. The molecular weight excluding hydrogens is 316 g/mol. The van der Waals surface area contributed by atoms with E-state index in [0.29, 0.717) is 19.8 Å². The molecule has 0 aliphatic carbocycles. The van der Waals surface area contributed by atoms with Gasteiger partial charge < -0.3 is 20.1 Å². The lowest BCUT2D eigenvalue weighted by atomic mass is 9.95. The van der Waals surface area contributed by atoms with Crippen LogP contribution in [0.5, 0.6) is 11.5 Å². The average molecular weight is 340 g/mol. The van der Waals surface area contributed by atoms with Gasteiger partial charge in [0.25, 0.3) is 0 Å². The maximum atomic E-state index is 12.3. The van der Waals surface area contributed by atoms with Crippen LogP contribution in [0.1, 0.15) is 31.0 Å². The molecule has 1 aliphatic heterocycles. The lowest BCUT2D eigenvalue weighted by Crippen LogP contribution is -2.39. The average Bonchev–Trinajstić information content (AvgIpc) is 2.64. The maximum Gasteiger partial charge on any atom is 0.315 e. The lowest BCUT2D eigenvalue weighted by Gasteiger charge is -2.25. The van der Waals surface area contributed by atoms with E-state index in [0.717, 1.165) is 22.6 Å². The van der Waals surface area contributed by atoms with E-state index < -0.39 is 0 Å². The monoisotopic (exact) mass is 340 g/mol. The van der Waals surface area contributed by atoms with Crippen molar-refractivity contribution in [1.82, 2.24) is 10.6 Å². The van der Waals surface area contributed by atoms with Crippen molar-refractivity contribution in [2.45, 2.75) is 26.4 Å². The van der Waals surface area contributed by atoms with Gasteiger partial charge in [0.1, 0.15) is 13.2 Å². The minimum Gasteiger partial charge on any atom is -0.486 e. The van der Waals surface area contributed by atoms with Gasteiger partial charge in [-0.05, 0) is 29.2 Å². The molecule has 0 radical (unpaired) electrons. The Morgan fingerprint density at radius 3 is 2.48 bits per heavy atom. The van der Waals surface area contributed by atoms with Crippen LogP contribution in [-0.2, 0) is 6.54 Å². The van der Waals surface area contributed by atoms with E-state index in [9.17, 15) is 4.79 Å². The van der Waals surface area contributed by atoms with Crippen molar-refractivity contribution in [3.05, 3.63) is 59.7 Å². The number of hydrogen-bond donors (Lipinski definition) is 2. The number of nitrogens with one attached hydrogen (secondary N) is 2. The fourth-order valence-corrected chi connectivity index (χ4v) is 2.86. The zero-order valence-corrected chi connectivity index (χ0v) is 14.6. The minimum atomic E-state index is -0.183. The molecule has 0 saturated heterocycles. The van der Waals surface area contributed by atoms with Crippen LogP contribution in [0.4, 0.5) is 4.79 Å². The van der Waals surface area contributed by atoms with E-state index in [1.54, 1.807) is 0 Å². The van der Waals surface area contributed by atoms with Gasteiger partial charge in [-0.15, -0.1) is 0 Å². The highest BCUT2D eigenvalue weighted by atomic mass is 16.6. The number of carbonyl (C=O) groups is 1. The van der Waals surface area contributed by atoms with Crippen molar-refractivity contribution in [2.75, 3.05) is 13.2 Å². The van der Waals surface area contributed by atoms with Crippen molar-refractivity contribution in [2.24, 2.45) is 5.92 Å². The minimum absolute atomic E-state index is 0.105. The van der Waals surface area contributed by atoms with E-state index in [1.165, 1.54) is 0 Å². The summed E-state index contributed by atoms with van der Waals surface area (Å²) < 4.78 is 11.2. The lowest BCUT2D eigenvalue weighted by molar-refractivity contribution is 0.171. The Morgan fingerprint density at radius 2 is 1.76 bits per heavy atom. The topological polar surface area (TPSA) is 59.6 Å². The van der Waals surface area contributed by atoms with Crippen molar-refractivity contribution >= 4 is 6.03 Å². The van der Waals surface area contributed by atoms with E-state index in [4.69, 9.17) is 9.47 Å². The second-order valence-electron chi connectivity index (χ2n) is 6.44. The van der Waals surface area contributed by atoms with E-state index in [2.05, 4.69) is 24.5 Å². The molecule has 0 bridgehead atoms. The number of amides is 2. The molecule has 3 rings (SSSR count). The number of hydrogen-bond acceptors (Lipinski definition) is 3.